The summed E-state index contributed by atoms with van der Waals surface area (Å²) in [5.74, 6) is 1.21. The minimum Gasteiger partial charge on any atom is -0.294 e. The number of aromatic nitrogens is 2. The molecule has 1 aromatic heterocycles. The summed E-state index contributed by atoms with van der Waals surface area (Å²) in [6.45, 7) is 0. The molecule has 2 aromatic carbocycles. The second kappa shape index (κ2) is 5.27. The van der Waals surface area contributed by atoms with Crippen LogP contribution in [0, 0.1) is 0 Å². The fourth-order valence-corrected chi connectivity index (χ4v) is 3.50. The summed E-state index contributed by atoms with van der Waals surface area (Å²) < 4.78 is 4.11. The maximum absolute atomic E-state index is 6.03. The van der Waals surface area contributed by atoms with Crippen LogP contribution >= 0.6 is 43.5 Å². The summed E-state index contributed by atoms with van der Waals surface area (Å²) in [6, 6.07) is 14.1. The fourth-order valence-electron chi connectivity index (χ4n) is 2.10. The molecule has 0 saturated carbocycles. The highest BCUT2D eigenvalue weighted by atomic mass is 79.9. The Morgan fingerprint density at radius 1 is 1.11 bits per heavy atom. The summed E-state index contributed by atoms with van der Waals surface area (Å²) in [6.07, 6.45) is 0. The molecule has 5 heteroatoms. The van der Waals surface area contributed by atoms with Crippen LogP contribution in [0.5, 0.6) is 0 Å². The predicted octanol–water partition coefficient (Wildman–Crippen LogP) is 5.29. The van der Waals surface area contributed by atoms with E-state index in [0.29, 0.717) is 5.88 Å². The highest BCUT2D eigenvalue weighted by Gasteiger charge is 2.13. The van der Waals surface area contributed by atoms with Crippen molar-refractivity contribution < 1.29 is 0 Å². The van der Waals surface area contributed by atoms with E-state index >= 15 is 0 Å². The van der Waals surface area contributed by atoms with Gasteiger partial charge in [-0.05, 0) is 46.3 Å². The molecule has 0 radical (unpaired) electrons. The van der Waals surface area contributed by atoms with Crippen LogP contribution in [0.25, 0.3) is 16.7 Å². The molecule has 0 spiro atoms. The predicted molar refractivity (Wildman–Crippen MR) is 86.0 cm³/mol. The molecule has 3 rings (SSSR count). The van der Waals surface area contributed by atoms with Gasteiger partial charge in [-0.2, -0.15) is 0 Å². The van der Waals surface area contributed by atoms with Crippen LogP contribution < -0.4 is 0 Å². The maximum Gasteiger partial charge on any atom is 0.129 e. The number of para-hydroxylation sites is 2. The third-order valence-corrected chi connectivity index (χ3v) is 4.27. The van der Waals surface area contributed by atoms with Crippen LogP contribution in [0.2, 0.25) is 0 Å². The average Bonchev–Trinajstić information content (AvgIpc) is 2.77. The molecule has 0 N–H and O–H groups in total. The zero-order chi connectivity index (χ0) is 13.4. The Morgan fingerprint density at radius 3 is 2.63 bits per heavy atom. The lowest BCUT2D eigenvalue weighted by Gasteiger charge is -2.10. The summed E-state index contributed by atoms with van der Waals surface area (Å²) in [5.41, 5.74) is 3.04. The Hall–Kier alpha value is -0.840. The molecule has 0 fully saturated rings. The Labute approximate surface area is 132 Å². The molecule has 1 heterocycles. The number of benzene rings is 2. The van der Waals surface area contributed by atoms with Gasteiger partial charge in [-0.3, -0.25) is 4.57 Å². The number of nitrogens with zero attached hydrogens (tertiary/aromatic N) is 2. The van der Waals surface area contributed by atoms with Gasteiger partial charge in [-0.1, -0.05) is 28.1 Å². The van der Waals surface area contributed by atoms with Crippen LogP contribution in [-0.4, -0.2) is 9.55 Å². The first kappa shape index (κ1) is 13.2. The van der Waals surface area contributed by atoms with E-state index in [9.17, 15) is 0 Å². The van der Waals surface area contributed by atoms with Gasteiger partial charge in [-0.25, -0.2) is 4.98 Å². The van der Waals surface area contributed by atoms with Gasteiger partial charge in [0.25, 0.3) is 0 Å². The first-order valence-corrected chi connectivity index (χ1v) is 7.80. The normalized spacial score (nSPS) is 11.1. The van der Waals surface area contributed by atoms with E-state index in [0.717, 1.165) is 31.5 Å². The largest absolute Gasteiger partial charge is 0.294 e. The number of halogens is 3. The first-order valence-electron chi connectivity index (χ1n) is 5.68. The Morgan fingerprint density at radius 2 is 1.89 bits per heavy atom. The van der Waals surface area contributed by atoms with E-state index in [4.69, 9.17) is 11.6 Å². The van der Waals surface area contributed by atoms with Crippen LogP contribution in [0.1, 0.15) is 5.82 Å². The molecule has 0 unspecified atom stereocenters. The number of alkyl halides is 1. The molecular formula is C14H9Br2ClN2. The quantitative estimate of drug-likeness (QED) is 0.535. The monoisotopic (exact) mass is 398 g/mol. The Balaban J connectivity index is 2.34. The van der Waals surface area contributed by atoms with Crippen LogP contribution in [0.4, 0.5) is 0 Å². The minimum absolute atomic E-state index is 0.372. The van der Waals surface area contributed by atoms with E-state index in [1.807, 2.05) is 42.5 Å². The standard InChI is InChI=1S/C14H9Br2ClN2/c15-9-5-6-12(10(16)7-9)19-13-4-2-1-3-11(13)18-14(19)8-17/h1-7H,8H2. The SMILES string of the molecule is ClCc1nc2ccccc2n1-c1ccc(Br)cc1Br. The molecule has 3 aromatic rings. The second-order valence-corrected chi connectivity index (χ2v) is 6.12. The lowest BCUT2D eigenvalue weighted by Crippen LogP contribution is -2.00. The van der Waals surface area contributed by atoms with Gasteiger partial charge in [0.1, 0.15) is 5.82 Å². The fraction of sp³-hybridized carbons (Fsp3) is 0.0714. The van der Waals surface area contributed by atoms with Crippen molar-refractivity contribution in [2.45, 2.75) is 5.88 Å². The van der Waals surface area contributed by atoms with Crippen LogP contribution in [-0.2, 0) is 5.88 Å². The van der Waals surface area contributed by atoms with Crippen LogP contribution in [0.3, 0.4) is 0 Å². The Bertz CT molecular complexity index is 752. The van der Waals surface area contributed by atoms with E-state index in [2.05, 4.69) is 41.4 Å². The van der Waals surface area contributed by atoms with Crippen molar-refractivity contribution in [2.75, 3.05) is 0 Å². The first-order chi connectivity index (χ1) is 9.20. The second-order valence-electron chi connectivity index (χ2n) is 4.08. The van der Waals surface area contributed by atoms with Gasteiger partial charge in [0.2, 0.25) is 0 Å². The number of hydrogen-bond acceptors (Lipinski definition) is 1. The van der Waals surface area contributed by atoms with Crippen molar-refractivity contribution >= 4 is 54.5 Å². The molecule has 0 aliphatic carbocycles. The van der Waals surface area contributed by atoms with Gasteiger partial charge < -0.3 is 0 Å². The third kappa shape index (κ3) is 2.33. The Kier molecular flexibility index (Phi) is 3.65. The molecule has 96 valence electrons. The van der Waals surface area contributed by atoms with Crippen molar-refractivity contribution in [3.8, 4) is 5.69 Å². The molecule has 0 amide bonds. The minimum atomic E-state index is 0.372. The number of imidazole rings is 1. The van der Waals surface area contributed by atoms with Crippen molar-refractivity contribution in [3.63, 3.8) is 0 Å². The van der Waals surface area contributed by atoms with Gasteiger partial charge >= 0.3 is 0 Å². The molecule has 0 atom stereocenters. The molecule has 0 aliphatic rings. The average molecular weight is 401 g/mol. The van der Waals surface area contributed by atoms with Crippen molar-refractivity contribution in [3.05, 3.63) is 57.2 Å². The topological polar surface area (TPSA) is 17.8 Å². The smallest absolute Gasteiger partial charge is 0.129 e. The maximum atomic E-state index is 6.03. The zero-order valence-electron chi connectivity index (χ0n) is 9.78. The van der Waals surface area contributed by atoms with E-state index in [-0.39, 0.29) is 0 Å². The van der Waals surface area contributed by atoms with Gasteiger partial charge in [0.05, 0.1) is 22.6 Å². The van der Waals surface area contributed by atoms with Gasteiger partial charge in [0.15, 0.2) is 0 Å². The summed E-state index contributed by atoms with van der Waals surface area (Å²) in [5, 5.41) is 0. The molecule has 2 nitrogen and oxygen atoms in total. The highest BCUT2D eigenvalue weighted by molar-refractivity contribution is 9.11. The van der Waals surface area contributed by atoms with Crippen LogP contribution in [0.15, 0.2) is 51.4 Å². The van der Waals surface area contributed by atoms with Crippen molar-refractivity contribution in [1.82, 2.24) is 9.55 Å². The van der Waals surface area contributed by atoms with E-state index in [1.54, 1.807) is 0 Å². The zero-order valence-corrected chi connectivity index (χ0v) is 13.7. The lowest BCUT2D eigenvalue weighted by atomic mass is 10.3. The summed E-state index contributed by atoms with van der Waals surface area (Å²) in [7, 11) is 0. The molecular weight excluding hydrogens is 391 g/mol. The molecule has 0 aliphatic heterocycles. The van der Waals surface area contributed by atoms with Crippen molar-refractivity contribution in [1.29, 1.82) is 0 Å². The number of hydrogen-bond donors (Lipinski definition) is 0. The number of rotatable bonds is 2. The van der Waals surface area contributed by atoms with E-state index < -0.39 is 0 Å². The molecule has 0 saturated heterocycles. The lowest BCUT2D eigenvalue weighted by molar-refractivity contribution is 0.977. The molecule has 19 heavy (non-hydrogen) atoms. The van der Waals surface area contributed by atoms with Gasteiger partial charge in [0, 0.05) is 8.95 Å². The number of fused-ring (bicyclic) bond motifs is 1. The summed E-state index contributed by atoms with van der Waals surface area (Å²) in [4.78, 5) is 4.57. The van der Waals surface area contributed by atoms with Gasteiger partial charge in [-0.15, -0.1) is 11.6 Å². The van der Waals surface area contributed by atoms with Crippen molar-refractivity contribution in [2.24, 2.45) is 0 Å². The summed E-state index contributed by atoms with van der Waals surface area (Å²) >= 11 is 13.1. The highest BCUT2D eigenvalue weighted by Crippen LogP contribution is 2.29. The van der Waals surface area contributed by atoms with E-state index in [1.165, 1.54) is 0 Å². The third-order valence-electron chi connectivity index (χ3n) is 2.90. The molecule has 0 bridgehead atoms.